The third kappa shape index (κ3) is 4.14. The zero-order chi connectivity index (χ0) is 19.4. The van der Waals surface area contributed by atoms with Crippen molar-refractivity contribution in [1.82, 2.24) is 0 Å². The molecule has 0 N–H and O–H groups in total. The first-order valence-electron chi connectivity index (χ1n) is 8.90. The van der Waals surface area contributed by atoms with Crippen LogP contribution in [0.15, 0.2) is 54.6 Å². The number of carbonyl (C=O) groups is 3. The lowest BCUT2D eigenvalue weighted by molar-refractivity contribution is -0.137. The molecular weight excluding hydrogens is 342 g/mol. The fourth-order valence-electron chi connectivity index (χ4n) is 2.80. The summed E-state index contributed by atoms with van der Waals surface area (Å²) in [5.74, 6) is -0.630. The van der Waals surface area contributed by atoms with Crippen LogP contribution in [0.25, 0.3) is 6.08 Å². The van der Waals surface area contributed by atoms with Crippen molar-refractivity contribution in [2.45, 2.75) is 20.3 Å². The van der Waals surface area contributed by atoms with Crippen LogP contribution in [0, 0.1) is 5.92 Å². The molecule has 2 aromatic rings. The molecule has 0 fully saturated rings. The van der Waals surface area contributed by atoms with Crippen LogP contribution >= 0.6 is 0 Å². The zero-order valence-corrected chi connectivity index (χ0v) is 15.3. The van der Waals surface area contributed by atoms with Crippen LogP contribution in [-0.4, -0.2) is 24.4 Å². The molecule has 27 heavy (non-hydrogen) atoms. The Hall–Kier alpha value is -3.21. The Morgan fingerprint density at radius 3 is 2.33 bits per heavy atom. The number of nitrogens with zero attached hydrogens (tertiary/aromatic N) is 1. The first kappa shape index (κ1) is 18.6. The number of esters is 1. The molecule has 0 aliphatic carbocycles. The lowest BCUT2D eigenvalue weighted by atomic mass is 10.1. The lowest BCUT2D eigenvalue weighted by Crippen LogP contribution is -2.29. The molecule has 1 aliphatic heterocycles. The number of rotatable bonds is 6. The Balaban J connectivity index is 1.73. The molecule has 5 nitrogen and oxygen atoms in total. The van der Waals surface area contributed by atoms with Gasteiger partial charge in [-0.1, -0.05) is 38.1 Å². The van der Waals surface area contributed by atoms with E-state index in [-0.39, 0.29) is 11.8 Å². The molecule has 0 radical (unpaired) electrons. The molecule has 1 heterocycles. The van der Waals surface area contributed by atoms with Crippen molar-refractivity contribution >= 4 is 29.5 Å². The van der Waals surface area contributed by atoms with Gasteiger partial charge in [-0.2, -0.15) is 0 Å². The Morgan fingerprint density at radius 2 is 1.70 bits per heavy atom. The summed E-state index contributed by atoms with van der Waals surface area (Å²) in [6.45, 7) is 4.51. The Kier molecular flexibility index (Phi) is 5.50. The molecule has 0 spiro atoms. The van der Waals surface area contributed by atoms with E-state index in [0.29, 0.717) is 34.9 Å². The monoisotopic (exact) mass is 363 g/mol. The van der Waals surface area contributed by atoms with Gasteiger partial charge in [-0.3, -0.25) is 9.59 Å². The zero-order valence-electron chi connectivity index (χ0n) is 15.3. The SMILES string of the molecule is CC(C)CCOC(=O)/C=C\c1cccc(N2C(=O)c3ccccc3C2=O)c1. The minimum Gasteiger partial charge on any atom is -0.463 e. The van der Waals surface area contributed by atoms with Crippen molar-refractivity contribution in [1.29, 1.82) is 0 Å². The van der Waals surface area contributed by atoms with E-state index in [0.717, 1.165) is 11.3 Å². The summed E-state index contributed by atoms with van der Waals surface area (Å²) in [4.78, 5) is 38.1. The van der Waals surface area contributed by atoms with E-state index in [1.807, 2.05) is 0 Å². The highest BCUT2D eigenvalue weighted by atomic mass is 16.5. The van der Waals surface area contributed by atoms with Gasteiger partial charge in [-0.15, -0.1) is 0 Å². The average Bonchev–Trinajstić information content (AvgIpc) is 2.91. The van der Waals surface area contributed by atoms with Crippen LogP contribution in [0.4, 0.5) is 5.69 Å². The Labute approximate surface area is 158 Å². The van der Waals surface area contributed by atoms with E-state index in [2.05, 4.69) is 13.8 Å². The molecule has 2 amide bonds. The first-order valence-corrected chi connectivity index (χ1v) is 8.90. The summed E-state index contributed by atoms with van der Waals surface area (Å²) >= 11 is 0. The van der Waals surface area contributed by atoms with Crippen molar-refractivity contribution in [3.05, 3.63) is 71.3 Å². The van der Waals surface area contributed by atoms with Gasteiger partial charge in [0.15, 0.2) is 0 Å². The second-order valence-electron chi connectivity index (χ2n) is 6.77. The Morgan fingerprint density at radius 1 is 1.04 bits per heavy atom. The van der Waals surface area contributed by atoms with Gasteiger partial charge in [0.25, 0.3) is 11.8 Å². The average molecular weight is 363 g/mol. The van der Waals surface area contributed by atoms with Crippen LogP contribution in [0.3, 0.4) is 0 Å². The number of hydrogen-bond donors (Lipinski definition) is 0. The van der Waals surface area contributed by atoms with Crippen molar-refractivity contribution in [2.75, 3.05) is 11.5 Å². The second-order valence-corrected chi connectivity index (χ2v) is 6.77. The topological polar surface area (TPSA) is 63.7 Å². The summed E-state index contributed by atoms with van der Waals surface area (Å²) < 4.78 is 5.14. The highest BCUT2D eigenvalue weighted by molar-refractivity contribution is 6.34. The van der Waals surface area contributed by atoms with Gasteiger partial charge in [0.2, 0.25) is 0 Å². The van der Waals surface area contributed by atoms with Gasteiger partial charge in [-0.25, -0.2) is 9.69 Å². The highest BCUT2D eigenvalue weighted by Gasteiger charge is 2.36. The predicted molar refractivity (Wildman–Crippen MR) is 103 cm³/mol. The molecule has 0 unspecified atom stereocenters. The number of fused-ring (bicyclic) bond motifs is 1. The van der Waals surface area contributed by atoms with Crippen LogP contribution in [0.5, 0.6) is 0 Å². The maximum absolute atomic E-state index is 12.6. The smallest absolute Gasteiger partial charge is 0.330 e. The number of carbonyl (C=O) groups excluding carboxylic acids is 3. The summed E-state index contributed by atoms with van der Waals surface area (Å²) in [7, 11) is 0. The van der Waals surface area contributed by atoms with Gasteiger partial charge in [0.1, 0.15) is 0 Å². The number of ether oxygens (including phenoxy) is 1. The van der Waals surface area contributed by atoms with E-state index in [1.54, 1.807) is 54.6 Å². The maximum Gasteiger partial charge on any atom is 0.330 e. The number of anilines is 1. The number of hydrogen-bond acceptors (Lipinski definition) is 4. The summed E-state index contributed by atoms with van der Waals surface area (Å²) in [5.41, 5.74) is 1.97. The van der Waals surface area contributed by atoms with Crippen molar-refractivity contribution < 1.29 is 19.1 Å². The largest absolute Gasteiger partial charge is 0.463 e. The van der Waals surface area contributed by atoms with E-state index in [1.165, 1.54) is 6.08 Å². The van der Waals surface area contributed by atoms with E-state index in [4.69, 9.17) is 4.74 Å². The molecule has 0 bridgehead atoms. The molecule has 5 heteroatoms. The fourth-order valence-corrected chi connectivity index (χ4v) is 2.80. The molecule has 3 rings (SSSR count). The van der Waals surface area contributed by atoms with Crippen molar-refractivity contribution in [2.24, 2.45) is 5.92 Å². The molecular formula is C22H21NO4. The van der Waals surface area contributed by atoms with Crippen LogP contribution in [0.2, 0.25) is 0 Å². The molecule has 0 saturated heterocycles. The molecule has 0 atom stereocenters. The van der Waals surface area contributed by atoms with Crippen LogP contribution in [0.1, 0.15) is 46.5 Å². The molecule has 1 aliphatic rings. The standard InChI is InChI=1S/C22H21NO4/c1-15(2)12-13-27-20(24)11-10-16-6-5-7-17(14-16)23-21(25)18-8-3-4-9-19(18)22(23)26/h3-11,14-15H,12-13H2,1-2H3/b11-10-. The van der Waals surface area contributed by atoms with E-state index in [9.17, 15) is 14.4 Å². The molecule has 138 valence electrons. The summed E-state index contributed by atoms with van der Waals surface area (Å²) in [6, 6.07) is 13.7. The van der Waals surface area contributed by atoms with Crippen LogP contribution < -0.4 is 4.90 Å². The summed E-state index contributed by atoms with van der Waals surface area (Å²) in [5, 5.41) is 0. The van der Waals surface area contributed by atoms with E-state index < -0.39 is 5.97 Å². The highest BCUT2D eigenvalue weighted by Crippen LogP contribution is 2.28. The van der Waals surface area contributed by atoms with Gasteiger partial charge >= 0.3 is 5.97 Å². The first-order chi connectivity index (χ1) is 13.0. The maximum atomic E-state index is 12.6. The van der Waals surface area contributed by atoms with Crippen molar-refractivity contribution in [3.63, 3.8) is 0 Å². The minimum absolute atomic E-state index is 0.343. The van der Waals surface area contributed by atoms with E-state index >= 15 is 0 Å². The molecule has 2 aromatic carbocycles. The van der Waals surface area contributed by atoms with Gasteiger partial charge in [0.05, 0.1) is 23.4 Å². The van der Waals surface area contributed by atoms with Crippen molar-refractivity contribution in [3.8, 4) is 0 Å². The predicted octanol–water partition coefficient (Wildman–Crippen LogP) is 4.09. The van der Waals surface area contributed by atoms with Crippen LogP contribution in [-0.2, 0) is 9.53 Å². The third-order valence-corrected chi connectivity index (χ3v) is 4.27. The minimum atomic E-state index is -0.415. The number of imide groups is 1. The summed E-state index contributed by atoms with van der Waals surface area (Å²) in [6.07, 6.45) is 3.77. The van der Waals surface area contributed by atoms with Gasteiger partial charge in [-0.05, 0) is 48.2 Å². The normalized spacial score (nSPS) is 13.5. The number of benzene rings is 2. The molecule has 0 saturated carbocycles. The van der Waals surface area contributed by atoms with Gasteiger partial charge in [0, 0.05) is 6.08 Å². The van der Waals surface area contributed by atoms with Gasteiger partial charge < -0.3 is 4.74 Å². The fraction of sp³-hybridized carbons (Fsp3) is 0.227. The third-order valence-electron chi connectivity index (χ3n) is 4.27. The lowest BCUT2D eigenvalue weighted by Gasteiger charge is -2.14. The molecule has 0 aromatic heterocycles. The number of amides is 2. The quantitative estimate of drug-likeness (QED) is 0.440. The Bertz CT molecular complexity index is 879. The second kappa shape index (κ2) is 7.99.